The molecule has 1 aliphatic rings. The molecular formula is C18H12Cl2F2N2O3. The van der Waals surface area contributed by atoms with Crippen molar-refractivity contribution < 1.29 is 23.0 Å². The van der Waals surface area contributed by atoms with Crippen LogP contribution in [0.3, 0.4) is 0 Å². The van der Waals surface area contributed by atoms with E-state index in [4.69, 9.17) is 32.7 Å². The Labute approximate surface area is 163 Å². The van der Waals surface area contributed by atoms with Crippen molar-refractivity contribution in [2.45, 2.75) is 5.92 Å². The highest BCUT2D eigenvalue weighted by molar-refractivity contribution is 6.39. The zero-order valence-corrected chi connectivity index (χ0v) is 15.4. The summed E-state index contributed by atoms with van der Waals surface area (Å²) in [4.78, 5) is 16.3. The van der Waals surface area contributed by atoms with E-state index in [0.29, 0.717) is 0 Å². The summed E-state index contributed by atoms with van der Waals surface area (Å²) in [5.41, 5.74) is -0.0506. The van der Waals surface area contributed by atoms with Gasteiger partial charge in [-0.2, -0.15) is 8.78 Å². The van der Waals surface area contributed by atoms with Crippen LogP contribution in [0, 0.1) is 0 Å². The first-order valence-corrected chi connectivity index (χ1v) is 8.25. The highest BCUT2D eigenvalue weighted by Crippen LogP contribution is 2.44. The summed E-state index contributed by atoms with van der Waals surface area (Å²) in [6, 6.07) is 4.14. The molecule has 0 radical (unpaired) electrons. The minimum absolute atomic E-state index is 0.0458. The molecule has 0 saturated heterocycles. The largest absolute Gasteiger partial charge is 0.493 e. The number of pyridine rings is 1. The van der Waals surface area contributed by atoms with Crippen LogP contribution in [-0.2, 0) is 0 Å². The number of carbonyl (C=O) groups excluding carboxylic acids is 1. The molecule has 0 bridgehead atoms. The van der Waals surface area contributed by atoms with E-state index in [1.54, 1.807) is 0 Å². The number of anilines is 1. The average Bonchev–Trinajstić information content (AvgIpc) is 2.64. The fourth-order valence-corrected chi connectivity index (χ4v) is 2.71. The van der Waals surface area contributed by atoms with E-state index in [0.717, 1.165) is 6.08 Å². The second-order valence-corrected chi connectivity index (χ2v) is 6.32. The number of nitrogens with one attached hydrogen (secondary N) is 1. The van der Waals surface area contributed by atoms with Crippen molar-refractivity contribution in [2.75, 3.05) is 12.4 Å². The van der Waals surface area contributed by atoms with Gasteiger partial charge in [-0.25, -0.2) is 0 Å². The van der Waals surface area contributed by atoms with Crippen molar-refractivity contribution in [2.24, 2.45) is 0 Å². The molecule has 1 amide bonds. The fraction of sp³-hybridized carbons (Fsp3) is 0.111. The third kappa shape index (κ3) is 3.61. The first-order chi connectivity index (χ1) is 12.7. The maximum atomic E-state index is 13.7. The van der Waals surface area contributed by atoms with Crippen molar-refractivity contribution >= 4 is 34.8 Å². The van der Waals surface area contributed by atoms with E-state index in [9.17, 15) is 13.6 Å². The normalized spacial score (nSPS) is 14.9. The van der Waals surface area contributed by atoms with Crippen LogP contribution in [0.15, 0.2) is 54.6 Å². The van der Waals surface area contributed by atoms with Crippen LogP contribution in [0.4, 0.5) is 14.5 Å². The van der Waals surface area contributed by atoms with Gasteiger partial charge in [0.15, 0.2) is 17.3 Å². The molecule has 140 valence electrons. The van der Waals surface area contributed by atoms with Gasteiger partial charge >= 0.3 is 5.92 Å². The smallest absolute Gasteiger partial charge is 0.329 e. The average molecular weight is 413 g/mol. The number of aromatic nitrogens is 1. The Morgan fingerprint density at radius 2 is 1.89 bits per heavy atom. The Morgan fingerprint density at radius 3 is 2.44 bits per heavy atom. The molecule has 0 atom stereocenters. The van der Waals surface area contributed by atoms with Gasteiger partial charge in [0.1, 0.15) is 0 Å². The van der Waals surface area contributed by atoms with Crippen LogP contribution < -0.4 is 14.8 Å². The molecule has 1 aromatic carbocycles. The number of methoxy groups -OCH3 is 1. The SMILES string of the molecule is C=C1C=C(Oc2cc(C(=O)Nc3c(Cl)cncc3Cl)ccc2OC)C1(F)F. The fourth-order valence-electron chi connectivity index (χ4n) is 2.25. The van der Waals surface area contributed by atoms with Crippen LogP contribution in [0.2, 0.25) is 10.0 Å². The lowest BCUT2D eigenvalue weighted by Gasteiger charge is -2.28. The van der Waals surface area contributed by atoms with Crippen molar-refractivity contribution in [3.8, 4) is 11.5 Å². The number of alkyl halides is 2. The zero-order valence-electron chi connectivity index (χ0n) is 13.9. The number of allylic oxidation sites excluding steroid dienone is 2. The molecule has 1 aliphatic carbocycles. The molecule has 9 heteroatoms. The van der Waals surface area contributed by atoms with E-state index >= 15 is 0 Å². The molecule has 1 N–H and O–H groups in total. The Balaban J connectivity index is 1.88. The third-order valence-electron chi connectivity index (χ3n) is 3.76. The van der Waals surface area contributed by atoms with Gasteiger partial charge in [0.05, 0.1) is 22.8 Å². The monoisotopic (exact) mass is 412 g/mol. The van der Waals surface area contributed by atoms with Crippen LogP contribution >= 0.6 is 23.2 Å². The zero-order chi connectivity index (χ0) is 19.8. The predicted molar refractivity (Wildman–Crippen MR) is 98.0 cm³/mol. The molecule has 2 aromatic rings. The number of carbonyl (C=O) groups is 1. The van der Waals surface area contributed by atoms with Crippen molar-refractivity contribution in [1.29, 1.82) is 0 Å². The van der Waals surface area contributed by atoms with Gasteiger partial charge in [0.2, 0.25) is 0 Å². The minimum Gasteiger partial charge on any atom is -0.493 e. The first-order valence-electron chi connectivity index (χ1n) is 7.49. The Kier molecular flexibility index (Phi) is 5.08. The van der Waals surface area contributed by atoms with Gasteiger partial charge in [-0.05, 0) is 24.3 Å². The molecule has 0 saturated carbocycles. The van der Waals surface area contributed by atoms with Crippen LogP contribution in [0.1, 0.15) is 10.4 Å². The minimum atomic E-state index is -3.26. The van der Waals surface area contributed by atoms with E-state index in [1.165, 1.54) is 37.7 Å². The standard InChI is InChI=1S/C18H12Cl2F2N2O3/c1-9-5-15(18(9,21)22)27-14-6-10(3-4-13(14)26-2)17(25)24-16-11(19)7-23-8-12(16)20/h3-8H,1H2,2H3,(H,23,24,25). The number of hydrogen-bond acceptors (Lipinski definition) is 4. The Bertz CT molecular complexity index is 957. The summed E-state index contributed by atoms with van der Waals surface area (Å²) in [5.74, 6) is -4.28. The van der Waals surface area contributed by atoms with Crippen molar-refractivity contribution in [3.63, 3.8) is 0 Å². The molecule has 3 rings (SSSR count). The molecule has 0 spiro atoms. The lowest BCUT2D eigenvalue weighted by molar-refractivity contribution is 0.0281. The summed E-state index contributed by atoms with van der Waals surface area (Å²) in [6.45, 7) is 3.22. The number of ether oxygens (including phenoxy) is 2. The molecule has 0 aliphatic heterocycles. The maximum Gasteiger partial charge on any atom is 0.329 e. The second-order valence-electron chi connectivity index (χ2n) is 5.51. The van der Waals surface area contributed by atoms with E-state index in [2.05, 4.69) is 16.9 Å². The number of hydrogen-bond donors (Lipinski definition) is 1. The number of rotatable bonds is 5. The summed E-state index contributed by atoms with van der Waals surface area (Å²) < 4.78 is 37.7. The van der Waals surface area contributed by atoms with Crippen molar-refractivity contribution in [1.82, 2.24) is 4.98 Å². The predicted octanol–water partition coefficient (Wildman–Crippen LogP) is 5.12. The lowest BCUT2D eigenvalue weighted by atomic mass is 9.97. The number of benzene rings is 1. The van der Waals surface area contributed by atoms with Gasteiger partial charge in [0, 0.05) is 23.5 Å². The summed E-state index contributed by atoms with van der Waals surface area (Å²) >= 11 is 11.9. The van der Waals surface area contributed by atoms with Crippen molar-refractivity contribution in [3.05, 3.63) is 70.2 Å². The van der Waals surface area contributed by atoms with E-state index in [1.807, 2.05) is 0 Å². The first kappa shape index (κ1) is 19.1. The lowest BCUT2D eigenvalue weighted by Crippen LogP contribution is -2.32. The Hall–Kier alpha value is -2.64. The molecular weight excluding hydrogens is 401 g/mol. The molecule has 27 heavy (non-hydrogen) atoms. The number of amides is 1. The highest BCUT2D eigenvalue weighted by atomic mass is 35.5. The van der Waals surface area contributed by atoms with Gasteiger partial charge in [0.25, 0.3) is 5.91 Å². The van der Waals surface area contributed by atoms with Gasteiger partial charge in [-0.15, -0.1) is 0 Å². The topological polar surface area (TPSA) is 60.5 Å². The van der Waals surface area contributed by atoms with Crippen LogP contribution in [0.25, 0.3) is 0 Å². The molecule has 5 nitrogen and oxygen atoms in total. The molecule has 0 fully saturated rings. The summed E-state index contributed by atoms with van der Waals surface area (Å²) in [6.07, 6.45) is 3.76. The maximum absolute atomic E-state index is 13.7. The number of halogens is 4. The number of nitrogens with zero attached hydrogens (tertiary/aromatic N) is 1. The Morgan fingerprint density at radius 1 is 1.22 bits per heavy atom. The molecule has 1 heterocycles. The molecule has 1 aromatic heterocycles. The summed E-state index contributed by atoms with van der Waals surface area (Å²) in [7, 11) is 1.35. The third-order valence-corrected chi connectivity index (χ3v) is 4.33. The van der Waals surface area contributed by atoms with Crippen LogP contribution in [0.5, 0.6) is 11.5 Å². The highest BCUT2D eigenvalue weighted by Gasteiger charge is 2.47. The van der Waals surface area contributed by atoms with E-state index < -0.39 is 17.6 Å². The summed E-state index contributed by atoms with van der Waals surface area (Å²) in [5, 5.41) is 2.85. The van der Waals surface area contributed by atoms with Gasteiger partial charge in [-0.3, -0.25) is 9.78 Å². The quantitative estimate of drug-likeness (QED) is 0.740. The van der Waals surface area contributed by atoms with Crippen LogP contribution in [-0.4, -0.2) is 23.9 Å². The van der Waals surface area contributed by atoms with Gasteiger partial charge in [-0.1, -0.05) is 29.8 Å². The molecule has 0 unspecified atom stereocenters. The second kappa shape index (κ2) is 7.17. The van der Waals surface area contributed by atoms with E-state index in [-0.39, 0.29) is 38.4 Å². The van der Waals surface area contributed by atoms with Gasteiger partial charge < -0.3 is 14.8 Å².